The van der Waals surface area contributed by atoms with E-state index in [-0.39, 0.29) is 5.75 Å². The summed E-state index contributed by atoms with van der Waals surface area (Å²) in [5.74, 6) is 0.0291. The molecule has 4 nitrogen and oxygen atoms in total. The second-order valence-corrected chi connectivity index (χ2v) is 8.26. The molecule has 2 aromatic rings. The van der Waals surface area contributed by atoms with Crippen LogP contribution >= 0.6 is 11.6 Å². The van der Waals surface area contributed by atoms with E-state index in [0.29, 0.717) is 17.1 Å². The smallest absolute Gasteiger partial charge is 0.233 e. The molecule has 2 aromatic carbocycles. The second kappa shape index (κ2) is 7.45. The van der Waals surface area contributed by atoms with Crippen molar-refractivity contribution in [1.82, 2.24) is 0 Å². The number of rotatable bonds is 6. The summed E-state index contributed by atoms with van der Waals surface area (Å²) in [5.41, 5.74) is 2.46. The zero-order valence-corrected chi connectivity index (χ0v) is 15.0. The van der Waals surface area contributed by atoms with Gasteiger partial charge in [0.25, 0.3) is 0 Å². The van der Waals surface area contributed by atoms with Crippen LogP contribution in [-0.2, 0) is 16.4 Å². The Morgan fingerprint density at radius 3 is 2.46 bits per heavy atom. The van der Waals surface area contributed by atoms with Gasteiger partial charge in [-0.2, -0.15) is 0 Å². The average Bonchev–Trinajstić information content (AvgIpc) is 3.10. The number of anilines is 2. The fraction of sp³-hybridized carbons (Fsp3) is 0.333. The SMILES string of the molecule is O=S(=O)(CCc1ccccc1)Nc1cc(N2CCCC2)ccc1Cl. The highest BCUT2D eigenvalue weighted by Crippen LogP contribution is 2.30. The van der Waals surface area contributed by atoms with E-state index in [2.05, 4.69) is 9.62 Å². The fourth-order valence-corrected chi connectivity index (χ4v) is 4.21. The molecule has 0 bridgehead atoms. The van der Waals surface area contributed by atoms with Crippen molar-refractivity contribution in [2.24, 2.45) is 0 Å². The number of nitrogens with zero attached hydrogens (tertiary/aromatic N) is 1. The van der Waals surface area contributed by atoms with Gasteiger partial charge in [0.1, 0.15) is 0 Å². The monoisotopic (exact) mass is 364 g/mol. The van der Waals surface area contributed by atoms with E-state index in [1.165, 1.54) is 12.8 Å². The van der Waals surface area contributed by atoms with Crippen molar-refractivity contribution >= 4 is 33.0 Å². The molecule has 0 unspecified atom stereocenters. The Balaban J connectivity index is 1.70. The van der Waals surface area contributed by atoms with E-state index in [4.69, 9.17) is 11.6 Å². The van der Waals surface area contributed by atoms with Crippen molar-refractivity contribution in [3.63, 3.8) is 0 Å². The van der Waals surface area contributed by atoms with E-state index in [0.717, 1.165) is 24.3 Å². The molecule has 0 aromatic heterocycles. The lowest BCUT2D eigenvalue weighted by atomic mass is 10.2. The lowest BCUT2D eigenvalue weighted by Crippen LogP contribution is -2.20. The van der Waals surface area contributed by atoms with Crippen LogP contribution in [0.3, 0.4) is 0 Å². The third kappa shape index (κ3) is 4.42. The molecule has 1 aliphatic rings. The molecule has 1 saturated heterocycles. The van der Waals surface area contributed by atoms with Crippen LogP contribution in [0.15, 0.2) is 48.5 Å². The third-order valence-electron chi connectivity index (χ3n) is 4.19. The first kappa shape index (κ1) is 17.1. The van der Waals surface area contributed by atoms with Gasteiger partial charge in [0.2, 0.25) is 10.0 Å². The first-order valence-corrected chi connectivity index (χ1v) is 10.2. The molecular formula is C18H21ClN2O2S. The molecule has 24 heavy (non-hydrogen) atoms. The molecule has 1 heterocycles. The van der Waals surface area contributed by atoms with E-state index in [9.17, 15) is 8.42 Å². The lowest BCUT2D eigenvalue weighted by molar-refractivity contribution is 0.600. The van der Waals surface area contributed by atoms with Crippen LogP contribution in [-0.4, -0.2) is 27.3 Å². The predicted molar refractivity (Wildman–Crippen MR) is 100 cm³/mol. The quantitative estimate of drug-likeness (QED) is 0.845. The maximum atomic E-state index is 12.4. The molecule has 0 spiro atoms. The van der Waals surface area contributed by atoms with Crippen LogP contribution in [0.2, 0.25) is 5.02 Å². The highest BCUT2D eigenvalue weighted by molar-refractivity contribution is 7.92. The van der Waals surface area contributed by atoms with E-state index in [1.54, 1.807) is 6.07 Å². The minimum absolute atomic E-state index is 0.0291. The summed E-state index contributed by atoms with van der Waals surface area (Å²) in [5, 5.41) is 0.418. The van der Waals surface area contributed by atoms with Gasteiger partial charge in [-0.15, -0.1) is 0 Å². The molecule has 0 aliphatic carbocycles. The molecule has 3 rings (SSSR count). The van der Waals surface area contributed by atoms with Crippen LogP contribution in [0.4, 0.5) is 11.4 Å². The van der Waals surface area contributed by atoms with Crippen LogP contribution in [0, 0.1) is 0 Å². The topological polar surface area (TPSA) is 49.4 Å². The molecular weight excluding hydrogens is 344 g/mol. The average molecular weight is 365 g/mol. The predicted octanol–water partition coefficient (Wildman–Crippen LogP) is 3.92. The first-order valence-electron chi connectivity index (χ1n) is 8.12. The van der Waals surface area contributed by atoms with E-state index >= 15 is 0 Å². The van der Waals surface area contributed by atoms with Crippen molar-refractivity contribution in [3.05, 3.63) is 59.1 Å². The number of hydrogen-bond acceptors (Lipinski definition) is 3. The summed E-state index contributed by atoms with van der Waals surface area (Å²) in [4.78, 5) is 2.25. The van der Waals surface area contributed by atoms with Crippen molar-refractivity contribution < 1.29 is 8.42 Å². The van der Waals surface area contributed by atoms with E-state index < -0.39 is 10.0 Å². The third-order valence-corrected chi connectivity index (χ3v) is 5.79. The largest absolute Gasteiger partial charge is 0.371 e. The minimum Gasteiger partial charge on any atom is -0.371 e. The Bertz CT molecular complexity index is 788. The maximum Gasteiger partial charge on any atom is 0.233 e. The molecule has 0 saturated carbocycles. The molecule has 0 atom stereocenters. The van der Waals surface area contributed by atoms with Gasteiger partial charge in [-0.1, -0.05) is 41.9 Å². The van der Waals surface area contributed by atoms with Gasteiger partial charge >= 0.3 is 0 Å². The Morgan fingerprint density at radius 1 is 1.04 bits per heavy atom. The molecule has 128 valence electrons. The van der Waals surface area contributed by atoms with Gasteiger partial charge in [-0.05, 0) is 43.0 Å². The van der Waals surface area contributed by atoms with Crippen molar-refractivity contribution in [2.45, 2.75) is 19.3 Å². The molecule has 1 N–H and O–H groups in total. The number of halogens is 1. The Hall–Kier alpha value is -1.72. The number of aryl methyl sites for hydroxylation is 1. The minimum atomic E-state index is -3.45. The normalized spacial score (nSPS) is 14.8. The maximum absolute atomic E-state index is 12.4. The number of sulfonamides is 1. The van der Waals surface area contributed by atoms with Gasteiger partial charge in [0, 0.05) is 18.8 Å². The highest BCUT2D eigenvalue weighted by Gasteiger charge is 2.17. The summed E-state index contributed by atoms with van der Waals surface area (Å²) < 4.78 is 27.4. The summed E-state index contributed by atoms with van der Waals surface area (Å²) in [6.45, 7) is 2.00. The van der Waals surface area contributed by atoms with Gasteiger partial charge < -0.3 is 4.90 Å². The van der Waals surface area contributed by atoms with Gasteiger partial charge in [-0.25, -0.2) is 8.42 Å². The summed E-state index contributed by atoms with van der Waals surface area (Å²) >= 11 is 6.18. The van der Waals surface area contributed by atoms with Crippen molar-refractivity contribution in [3.8, 4) is 0 Å². The van der Waals surface area contributed by atoms with Crippen LogP contribution in [0.1, 0.15) is 18.4 Å². The Morgan fingerprint density at radius 2 is 1.75 bits per heavy atom. The first-order chi connectivity index (χ1) is 11.5. The van der Waals surface area contributed by atoms with Gasteiger partial charge in [-0.3, -0.25) is 4.72 Å². The van der Waals surface area contributed by atoms with Gasteiger partial charge in [0.15, 0.2) is 0 Å². The van der Waals surface area contributed by atoms with Crippen LogP contribution in [0.25, 0.3) is 0 Å². The fourth-order valence-electron chi connectivity index (χ4n) is 2.88. The second-order valence-electron chi connectivity index (χ2n) is 6.01. The van der Waals surface area contributed by atoms with Crippen molar-refractivity contribution in [2.75, 3.05) is 28.5 Å². The standard InChI is InChI=1S/C18H21ClN2O2S/c19-17-9-8-16(21-11-4-5-12-21)14-18(17)20-24(22,23)13-10-15-6-2-1-3-7-15/h1-3,6-9,14,20H,4-5,10-13H2. The van der Waals surface area contributed by atoms with Crippen LogP contribution < -0.4 is 9.62 Å². The van der Waals surface area contributed by atoms with Crippen LogP contribution in [0.5, 0.6) is 0 Å². The van der Waals surface area contributed by atoms with E-state index in [1.807, 2.05) is 42.5 Å². The summed E-state index contributed by atoms with van der Waals surface area (Å²) in [6, 6.07) is 15.1. The Labute approximate surface area is 148 Å². The zero-order valence-electron chi connectivity index (χ0n) is 13.4. The number of benzene rings is 2. The highest BCUT2D eigenvalue weighted by atomic mass is 35.5. The molecule has 1 aliphatic heterocycles. The molecule has 1 fully saturated rings. The lowest BCUT2D eigenvalue weighted by Gasteiger charge is -2.19. The summed E-state index contributed by atoms with van der Waals surface area (Å²) in [6.07, 6.45) is 2.81. The Kier molecular flexibility index (Phi) is 5.31. The number of nitrogens with one attached hydrogen (secondary N) is 1. The summed E-state index contributed by atoms with van der Waals surface area (Å²) in [7, 11) is -3.45. The number of hydrogen-bond donors (Lipinski definition) is 1. The van der Waals surface area contributed by atoms with Gasteiger partial charge in [0.05, 0.1) is 16.5 Å². The molecule has 6 heteroatoms. The molecule has 0 amide bonds. The molecule has 0 radical (unpaired) electrons. The zero-order chi connectivity index (χ0) is 17.0. The van der Waals surface area contributed by atoms with Crippen molar-refractivity contribution in [1.29, 1.82) is 0 Å².